The fraction of sp³-hybridized carbons (Fsp3) is 0.421. The summed E-state index contributed by atoms with van der Waals surface area (Å²) in [4.78, 5) is 31.9. The molecule has 0 spiro atoms. The lowest BCUT2D eigenvalue weighted by atomic mass is 10.2. The maximum absolute atomic E-state index is 12.8. The molecule has 0 saturated carbocycles. The summed E-state index contributed by atoms with van der Waals surface area (Å²) in [5.74, 6) is 0.327. The number of hydrogen-bond donors (Lipinski definition) is 1. The van der Waals surface area contributed by atoms with E-state index in [9.17, 15) is 9.59 Å². The lowest BCUT2D eigenvalue weighted by molar-refractivity contribution is 0.0747. The maximum Gasteiger partial charge on any atom is 0.265 e. The van der Waals surface area contributed by atoms with Crippen LogP contribution in [0, 0.1) is 6.92 Å². The predicted molar refractivity (Wildman–Crippen MR) is 106 cm³/mol. The molecule has 1 aliphatic rings. The van der Waals surface area contributed by atoms with E-state index in [0.29, 0.717) is 53.9 Å². The SMILES string of the molecule is Cc1ncsc1C(=O)N1CCCCNC(=O)c2cc(Cl)ccc2OCCC1. The summed E-state index contributed by atoms with van der Waals surface area (Å²) < 4.78 is 5.80. The molecule has 1 aromatic carbocycles. The molecule has 0 aliphatic carbocycles. The summed E-state index contributed by atoms with van der Waals surface area (Å²) in [6, 6.07) is 5.03. The van der Waals surface area contributed by atoms with Crippen molar-refractivity contribution < 1.29 is 14.3 Å². The number of thiazole rings is 1. The fourth-order valence-electron chi connectivity index (χ4n) is 2.93. The maximum atomic E-state index is 12.8. The van der Waals surface area contributed by atoms with Crippen LogP contribution in [0.3, 0.4) is 0 Å². The van der Waals surface area contributed by atoms with E-state index >= 15 is 0 Å². The Labute approximate surface area is 167 Å². The number of amides is 2. The van der Waals surface area contributed by atoms with E-state index in [1.807, 2.05) is 11.8 Å². The largest absolute Gasteiger partial charge is 0.493 e. The molecule has 1 aliphatic heterocycles. The molecule has 0 unspecified atom stereocenters. The second-order valence-corrected chi connectivity index (χ2v) is 7.66. The standard InChI is InChI=1S/C19H22ClN3O3S/c1-13-17(27-12-22-13)19(25)23-8-3-2-7-21-18(24)15-11-14(20)5-6-16(15)26-10-4-9-23/h5-6,11-12H,2-4,7-10H2,1H3,(H,21,24). The molecule has 0 bridgehead atoms. The Morgan fingerprint density at radius 3 is 2.89 bits per heavy atom. The monoisotopic (exact) mass is 407 g/mol. The van der Waals surface area contributed by atoms with E-state index < -0.39 is 0 Å². The normalized spacial score (nSPS) is 16.2. The molecule has 144 valence electrons. The minimum atomic E-state index is -0.194. The Bertz CT molecular complexity index is 824. The van der Waals surface area contributed by atoms with E-state index in [1.54, 1.807) is 23.7 Å². The quantitative estimate of drug-likeness (QED) is 0.784. The average Bonchev–Trinajstić information content (AvgIpc) is 3.09. The lowest BCUT2D eigenvalue weighted by Crippen LogP contribution is -2.34. The van der Waals surface area contributed by atoms with Gasteiger partial charge in [-0.25, -0.2) is 4.98 Å². The summed E-state index contributed by atoms with van der Waals surface area (Å²) in [5.41, 5.74) is 2.90. The van der Waals surface area contributed by atoms with Gasteiger partial charge >= 0.3 is 0 Å². The summed E-state index contributed by atoms with van der Waals surface area (Å²) in [7, 11) is 0. The van der Waals surface area contributed by atoms with Gasteiger partial charge in [-0.2, -0.15) is 0 Å². The Balaban J connectivity index is 1.72. The number of hydrogen-bond acceptors (Lipinski definition) is 5. The van der Waals surface area contributed by atoms with Crippen molar-refractivity contribution >= 4 is 34.8 Å². The molecule has 0 fully saturated rings. The van der Waals surface area contributed by atoms with Crippen molar-refractivity contribution in [3.63, 3.8) is 0 Å². The Hall–Kier alpha value is -2.12. The molecule has 27 heavy (non-hydrogen) atoms. The van der Waals surface area contributed by atoms with Crippen LogP contribution in [-0.2, 0) is 0 Å². The van der Waals surface area contributed by atoms with Gasteiger partial charge in [0.15, 0.2) is 0 Å². The topological polar surface area (TPSA) is 71.5 Å². The van der Waals surface area contributed by atoms with E-state index in [4.69, 9.17) is 16.3 Å². The van der Waals surface area contributed by atoms with Crippen LogP contribution in [0.25, 0.3) is 0 Å². The smallest absolute Gasteiger partial charge is 0.265 e. The molecule has 2 amide bonds. The second kappa shape index (κ2) is 9.19. The van der Waals surface area contributed by atoms with Gasteiger partial charge in [0.25, 0.3) is 11.8 Å². The van der Waals surface area contributed by atoms with Crippen molar-refractivity contribution in [3.8, 4) is 5.75 Å². The number of nitrogens with zero attached hydrogens (tertiary/aromatic N) is 2. The number of aromatic nitrogens is 1. The third kappa shape index (κ3) is 4.99. The molecule has 2 heterocycles. The molecule has 8 heteroatoms. The molecule has 6 nitrogen and oxygen atoms in total. The fourth-order valence-corrected chi connectivity index (χ4v) is 3.88. The second-order valence-electron chi connectivity index (χ2n) is 6.36. The molecule has 1 aromatic heterocycles. The molecular formula is C19H22ClN3O3S. The molecule has 1 N–H and O–H groups in total. The van der Waals surface area contributed by atoms with Crippen LogP contribution in [0.1, 0.15) is 45.0 Å². The number of ether oxygens (including phenoxy) is 1. The third-order valence-corrected chi connectivity index (χ3v) is 5.54. The van der Waals surface area contributed by atoms with Crippen LogP contribution >= 0.6 is 22.9 Å². The number of rotatable bonds is 1. The number of benzene rings is 1. The number of fused-ring (bicyclic) bond motifs is 1. The number of halogens is 1. The van der Waals surface area contributed by atoms with Gasteiger partial charge in [-0.3, -0.25) is 9.59 Å². The van der Waals surface area contributed by atoms with E-state index in [2.05, 4.69) is 10.3 Å². The van der Waals surface area contributed by atoms with Crippen molar-refractivity contribution in [1.29, 1.82) is 0 Å². The molecule has 0 atom stereocenters. The average molecular weight is 408 g/mol. The third-order valence-electron chi connectivity index (χ3n) is 4.38. The van der Waals surface area contributed by atoms with Gasteiger partial charge < -0.3 is 15.0 Å². The van der Waals surface area contributed by atoms with Gasteiger partial charge in [-0.15, -0.1) is 11.3 Å². The first kappa shape index (κ1) is 19.6. The number of carbonyl (C=O) groups excluding carboxylic acids is 2. The zero-order valence-electron chi connectivity index (χ0n) is 15.2. The molecular weight excluding hydrogens is 386 g/mol. The lowest BCUT2D eigenvalue weighted by Gasteiger charge is -2.22. The van der Waals surface area contributed by atoms with Crippen LogP contribution in [0.15, 0.2) is 23.7 Å². The highest BCUT2D eigenvalue weighted by Gasteiger charge is 2.20. The number of carbonyl (C=O) groups is 2. The first-order valence-electron chi connectivity index (χ1n) is 8.96. The van der Waals surface area contributed by atoms with Gasteiger partial charge in [0, 0.05) is 24.7 Å². The summed E-state index contributed by atoms with van der Waals surface area (Å²) in [5, 5.41) is 3.39. The van der Waals surface area contributed by atoms with Crippen LogP contribution in [0.4, 0.5) is 0 Å². The Morgan fingerprint density at radius 1 is 1.30 bits per heavy atom. The van der Waals surface area contributed by atoms with Crippen molar-refractivity contribution in [3.05, 3.63) is 44.9 Å². The summed E-state index contributed by atoms with van der Waals surface area (Å²) in [6.07, 6.45) is 2.27. The summed E-state index contributed by atoms with van der Waals surface area (Å²) in [6.45, 7) is 4.04. The Kier molecular flexibility index (Phi) is 6.68. The van der Waals surface area contributed by atoms with Crippen LogP contribution in [0.5, 0.6) is 5.75 Å². The highest BCUT2D eigenvalue weighted by Crippen LogP contribution is 2.23. The number of aryl methyl sites for hydroxylation is 1. The van der Waals surface area contributed by atoms with E-state index in [1.165, 1.54) is 11.3 Å². The first-order chi connectivity index (χ1) is 13.1. The van der Waals surface area contributed by atoms with Crippen molar-refractivity contribution in [1.82, 2.24) is 15.2 Å². The van der Waals surface area contributed by atoms with Gasteiger partial charge in [-0.1, -0.05) is 11.6 Å². The molecule has 2 aromatic rings. The van der Waals surface area contributed by atoms with Gasteiger partial charge in [0.05, 0.1) is 23.4 Å². The highest BCUT2D eigenvalue weighted by molar-refractivity contribution is 7.11. The van der Waals surface area contributed by atoms with Gasteiger partial charge in [0.2, 0.25) is 0 Å². The number of nitrogens with one attached hydrogen (secondary N) is 1. The van der Waals surface area contributed by atoms with Crippen molar-refractivity contribution in [2.24, 2.45) is 0 Å². The predicted octanol–water partition coefficient (Wildman–Crippen LogP) is 3.54. The van der Waals surface area contributed by atoms with Gasteiger partial charge in [0.1, 0.15) is 10.6 Å². The van der Waals surface area contributed by atoms with Crippen molar-refractivity contribution in [2.75, 3.05) is 26.2 Å². The minimum Gasteiger partial charge on any atom is -0.493 e. The van der Waals surface area contributed by atoms with E-state index in [0.717, 1.165) is 18.5 Å². The zero-order valence-corrected chi connectivity index (χ0v) is 16.7. The summed E-state index contributed by atoms with van der Waals surface area (Å²) >= 11 is 7.40. The van der Waals surface area contributed by atoms with E-state index in [-0.39, 0.29) is 11.8 Å². The van der Waals surface area contributed by atoms with Crippen LogP contribution in [0.2, 0.25) is 5.02 Å². The minimum absolute atomic E-state index is 0.0149. The zero-order chi connectivity index (χ0) is 19.2. The molecule has 0 radical (unpaired) electrons. The van der Waals surface area contributed by atoms with Crippen LogP contribution < -0.4 is 10.1 Å². The van der Waals surface area contributed by atoms with Gasteiger partial charge in [-0.05, 0) is 44.4 Å². The van der Waals surface area contributed by atoms with Crippen molar-refractivity contribution in [2.45, 2.75) is 26.2 Å². The Morgan fingerprint density at radius 2 is 2.11 bits per heavy atom. The molecule has 0 saturated heterocycles. The highest BCUT2D eigenvalue weighted by atomic mass is 35.5. The molecule has 3 rings (SSSR count). The van der Waals surface area contributed by atoms with Crippen LogP contribution in [-0.4, -0.2) is 47.9 Å². The first-order valence-corrected chi connectivity index (χ1v) is 10.2.